The minimum atomic E-state index is -0.188. The standard InChI is InChI=1S/C8H14O2/c1-5-8(9)6-3-2-4-7(6)10-5/h5-9H,2-4H2,1H3/t5-,6-,7+,8+/m0/s1. The fraction of sp³-hybridized carbons (Fsp3) is 1.00. The lowest BCUT2D eigenvalue weighted by atomic mass is 9.99. The Morgan fingerprint density at radius 3 is 2.90 bits per heavy atom. The summed E-state index contributed by atoms with van der Waals surface area (Å²) in [5.41, 5.74) is 0. The maximum atomic E-state index is 9.54. The predicted octanol–water partition coefficient (Wildman–Crippen LogP) is 0.935. The van der Waals surface area contributed by atoms with E-state index in [1.54, 1.807) is 0 Å². The van der Waals surface area contributed by atoms with Crippen molar-refractivity contribution in [2.45, 2.75) is 44.5 Å². The Labute approximate surface area is 61.2 Å². The van der Waals surface area contributed by atoms with Gasteiger partial charge in [-0.2, -0.15) is 0 Å². The molecule has 0 amide bonds. The molecule has 2 fully saturated rings. The van der Waals surface area contributed by atoms with Crippen LogP contribution in [0.2, 0.25) is 0 Å². The second-order valence-electron chi connectivity index (χ2n) is 3.47. The van der Waals surface area contributed by atoms with Crippen molar-refractivity contribution in [2.24, 2.45) is 5.92 Å². The van der Waals surface area contributed by atoms with Gasteiger partial charge >= 0.3 is 0 Å². The van der Waals surface area contributed by atoms with Crippen LogP contribution in [0.5, 0.6) is 0 Å². The molecule has 1 heterocycles. The van der Waals surface area contributed by atoms with Crippen molar-refractivity contribution in [1.29, 1.82) is 0 Å². The lowest BCUT2D eigenvalue weighted by Crippen LogP contribution is -2.23. The first-order valence-corrected chi connectivity index (χ1v) is 4.12. The molecular formula is C8H14O2. The van der Waals surface area contributed by atoms with Crippen molar-refractivity contribution in [2.75, 3.05) is 0 Å². The van der Waals surface area contributed by atoms with Gasteiger partial charge in [-0.15, -0.1) is 0 Å². The second kappa shape index (κ2) is 2.21. The average Bonchev–Trinajstić information content (AvgIpc) is 2.41. The van der Waals surface area contributed by atoms with Crippen molar-refractivity contribution in [3.63, 3.8) is 0 Å². The smallest absolute Gasteiger partial charge is 0.0852 e. The Morgan fingerprint density at radius 2 is 2.20 bits per heavy atom. The van der Waals surface area contributed by atoms with E-state index in [1.165, 1.54) is 6.42 Å². The molecule has 1 saturated carbocycles. The largest absolute Gasteiger partial charge is 0.390 e. The number of ether oxygens (including phenoxy) is 1. The van der Waals surface area contributed by atoms with Crippen LogP contribution in [0.1, 0.15) is 26.2 Å². The minimum absolute atomic E-state index is 0.0790. The number of hydrogen-bond donors (Lipinski definition) is 1. The molecule has 0 bridgehead atoms. The van der Waals surface area contributed by atoms with Gasteiger partial charge in [-0.1, -0.05) is 6.42 Å². The highest BCUT2D eigenvalue weighted by Crippen LogP contribution is 2.38. The van der Waals surface area contributed by atoms with Crippen molar-refractivity contribution in [3.05, 3.63) is 0 Å². The van der Waals surface area contributed by atoms with E-state index in [0.29, 0.717) is 12.0 Å². The van der Waals surface area contributed by atoms with Gasteiger partial charge in [0.2, 0.25) is 0 Å². The van der Waals surface area contributed by atoms with Gasteiger partial charge in [0.05, 0.1) is 18.3 Å². The second-order valence-corrected chi connectivity index (χ2v) is 3.47. The SMILES string of the molecule is C[C@@H]1O[C@@H]2CCC[C@@H]2[C@@H]1O. The summed E-state index contributed by atoms with van der Waals surface area (Å²) in [5.74, 6) is 0.454. The van der Waals surface area contributed by atoms with Crippen molar-refractivity contribution < 1.29 is 9.84 Å². The summed E-state index contributed by atoms with van der Waals surface area (Å²) in [6.07, 6.45) is 3.83. The van der Waals surface area contributed by atoms with Crippen LogP contribution in [0.3, 0.4) is 0 Å². The van der Waals surface area contributed by atoms with E-state index in [1.807, 2.05) is 6.92 Å². The zero-order valence-electron chi connectivity index (χ0n) is 6.29. The van der Waals surface area contributed by atoms with E-state index in [0.717, 1.165) is 12.8 Å². The molecule has 1 aliphatic heterocycles. The third kappa shape index (κ3) is 0.789. The normalized spacial score (nSPS) is 53.4. The van der Waals surface area contributed by atoms with Gasteiger partial charge in [-0.25, -0.2) is 0 Å². The Balaban J connectivity index is 2.09. The highest BCUT2D eigenvalue weighted by atomic mass is 16.5. The van der Waals surface area contributed by atoms with Crippen molar-refractivity contribution >= 4 is 0 Å². The third-order valence-corrected chi connectivity index (χ3v) is 2.81. The first-order valence-electron chi connectivity index (χ1n) is 4.12. The summed E-state index contributed by atoms with van der Waals surface area (Å²) in [6, 6.07) is 0. The molecule has 0 radical (unpaired) electrons. The lowest BCUT2D eigenvalue weighted by molar-refractivity contribution is 0.0197. The van der Waals surface area contributed by atoms with E-state index in [9.17, 15) is 5.11 Å². The van der Waals surface area contributed by atoms with Crippen LogP contribution in [0, 0.1) is 5.92 Å². The molecular weight excluding hydrogens is 128 g/mol. The molecule has 1 saturated heterocycles. The van der Waals surface area contributed by atoms with Gasteiger partial charge < -0.3 is 9.84 Å². The Kier molecular flexibility index (Phi) is 1.46. The summed E-state index contributed by atoms with van der Waals surface area (Å²) in [7, 11) is 0. The van der Waals surface area contributed by atoms with Gasteiger partial charge in [-0.05, 0) is 19.8 Å². The summed E-state index contributed by atoms with van der Waals surface area (Å²) in [5, 5.41) is 9.54. The van der Waals surface area contributed by atoms with E-state index >= 15 is 0 Å². The molecule has 4 atom stereocenters. The summed E-state index contributed by atoms with van der Waals surface area (Å²) < 4.78 is 5.55. The van der Waals surface area contributed by atoms with Crippen LogP contribution in [0.4, 0.5) is 0 Å². The zero-order chi connectivity index (χ0) is 7.14. The fourth-order valence-electron chi connectivity index (χ4n) is 2.22. The fourth-order valence-corrected chi connectivity index (χ4v) is 2.22. The van der Waals surface area contributed by atoms with Crippen LogP contribution in [0.25, 0.3) is 0 Å². The molecule has 10 heavy (non-hydrogen) atoms. The first-order chi connectivity index (χ1) is 4.79. The van der Waals surface area contributed by atoms with E-state index in [2.05, 4.69) is 0 Å². The van der Waals surface area contributed by atoms with Crippen LogP contribution in [0.15, 0.2) is 0 Å². The maximum Gasteiger partial charge on any atom is 0.0852 e. The molecule has 1 N–H and O–H groups in total. The van der Waals surface area contributed by atoms with Crippen LogP contribution < -0.4 is 0 Å². The molecule has 0 aromatic carbocycles. The monoisotopic (exact) mass is 142 g/mol. The molecule has 2 nitrogen and oxygen atoms in total. The average molecular weight is 142 g/mol. The quantitative estimate of drug-likeness (QED) is 0.545. The maximum absolute atomic E-state index is 9.54. The number of rotatable bonds is 0. The van der Waals surface area contributed by atoms with Gasteiger partial charge in [-0.3, -0.25) is 0 Å². The number of fused-ring (bicyclic) bond motifs is 1. The zero-order valence-corrected chi connectivity index (χ0v) is 6.29. The van der Waals surface area contributed by atoms with Gasteiger partial charge in [0.25, 0.3) is 0 Å². The number of aliphatic hydroxyl groups is 1. The van der Waals surface area contributed by atoms with Gasteiger partial charge in [0.1, 0.15) is 0 Å². The molecule has 0 aromatic rings. The molecule has 0 spiro atoms. The van der Waals surface area contributed by atoms with Crippen molar-refractivity contribution in [3.8, 4) is 0 Å². The van der Waals surface area contributed by atoms with E-state index in [-0.39, 0.29) is 12.2 Å². The Morgan fingerprint density at radius 1 is 1.40 bits per heavy atom. The van der Waals surface area contributed by atoms with Crippen molar-refractivity contribution in [1.82, 2.24) is 0 Å². The Bertz CT molecular complexity index is 133. The summed E-state index contributed by atoms with van der Waals surface area (Å²) in [4.78, 5) is 0. The molecule has 1 aliphatic carbocycles. The molecule has 2 aliphatic rings. The van der Waals surface area contributed by atoms with Gasteiger partial charge in [0, 0.05) is 5.92 Å². The minimum Gasteiger partial charge on any atom is -0.390 e. The van der Waals surface area contributed by atoms with E-state index < -0.39 is 0 Å². The summed E-state index contributed by atoms with van der Waals surface area (Å²) in [6.45, 7) is 1.96. The third-order valence-electron chi connectivity index (χ3n) is 2.81. The van der Waals surface area contributed by atoms with Gasteiger partial charge in [0.15, 0.2) is 0 Å². The van der Waals surface area contributed by atoms with Crippen LogP contribution in [-0.2, 0) is 4.74 Å². The topological polar surface area (TPSA) is 29.5 Å². The molecule has 2 rings (SSSR count). The number of aliphatic hydroxyl groups excluding tert-OH is 1. The lowest BCUT2D eigenvalue weighted by Gasteiger charge is -2.10. The van der Waals surface area contributed by atoms with Crippen LogP contribution >= 0.6 is 0 Å². The first kappa shape index (κ1) is 6.62. The molecule has 2 heteroatoms. The van der Waals surface area contributed by atoms with E-state index in [4.69, 9.17) is 4.74 Å². The van der Waals surface area contributed by atoms with Crippen LogP contribution in [-0.4, -0.2) is 23.4 Å². The summed E-state index contributed by atoms with van der Waals surface area (Å²) >= 11 is 0. The highest BCUT2D eigenvalue weighted by Gasteiger charge is 2.43. The molecule has 0 aromatic heterocycles. The predicted molar refractivity (Wildman–Crippen MR) is 37.7 cm³/mol. The molecule has 0 unspecified atom stereocenters. The Hall–Kier alpha value is -0.0800. The highest BCUT2D eigenvalue weighted by molar-refractivity contribution is 4.92. The number of hydrogen-bond acceptors (Lipinski definition) is 2. The molecule has 58 valence electrons.